The molecule has 0 bridgehead atoms. The first-order chi connectivity index (χ1) is 30.0. The zero-order valence-electron chi connectivity index (χ0n) is 39.4. The molecule has 4 rings (SSSR count). The van der Waals surface area contributed by atoms with Gasteiger partial charge in [0.1, 0.15) is 11.0 Å². The third-order valence-corrected chi connectivity index (χ3v) is 16.2. The van der Waals surface area contributed by atoms with Crippen LogP contribution in [0.4, 0.5) is 4.39 Å². The lowest BCUT2D eigenvalue weighted by molar-refractivity contribution is 0.400. The van der Waals surface area contributed by atoms with Crippen molar-refractivity contribution in [3.63, 3.8) is 0 Å². The molecule has 0 aliphatic heterocycles. The van der Waals surface area contributed by atoms with Crippen LogP contribution in [0.2, 0.25) is 5.02 Å². The number of rotatable bonds is 38. The van der Waals surface area contributed by atoms with E-state index < -0.39 is 0 Å². The van der Waals surface area contributed by atoms with Gasteiger partial charge in [-0.05, 0) is 58.7 Å². The molecule has 0 N–H and O–H groups in total. The molecule has 4 aromatic rings. The zero-order chi connectivity index (χ0) is 43.3. The van der Waals surface area contributed by atoms with E-state index in [1.165, 1.54) is 228 Å². The molecule has 0 aliphatic carbocycles. The number of nitrogens with zero attached hydrogens (tertiary/aromatic N) is 2. The predicted molar refractivity (Wildman–Crippen MR) is 274 cm³/mol. The van der Waals surface area contributed by atoms with Crippen LogP contribution < -0.4 is 0 Å². The standard InChI is InChI=1S/C54H86ClFN2S3/c1-5-9-13-17-21-23-27-31-35-43(33-29-25-19-15-11-7-3)37-45-39-47(59-41-45)49-51(55)52(56)50(54-53(49)57-61-58-54)48-40-46(42-60-48)38-44(34-30-26-20-16-12-8-4)36-32-28-24-22-18-14-10-6-2/h39-44H,5-38H2,1-4H3. The SMILES string of the molecule is CCCCCCCCCCC(CCCCCCCC)Cc1csc(-c2c(F)c(Cl)c(-c3cc(CC(CCCCCCCC)CCCCCCCCCC)cs3)c3nsnc23)c1. The molecule has 7 heteroatoms. The fourth-order valence-electron chi connectivity index (χ4n) is 9.55. The molecule has 3 aromatic heterocycles. The second-order valence-corrected chi connectivity index (χ2v) is 21.5. The van der Waals surface area contributed by atoms with Crippen LogP contribution in [0.15, 0.2) is 22.9 Å². The molecule has 0 aliphatic rings. The first-order valence-corrected chi connectivity index (χ1v) is 28.7. The molecule has 0 spiro atoms. The molecular formula is C54H86ClFN2S3. The van der Waals surface area contributed by atoms with Gasteiger partial charge in [0.25, 0.3) is 0 Å². The Balaban J connectivity index is 1.43. The van der Waals surface area contributed by atoms with Crippen molar-refractivity contribution in [1.82, 2.24) is 8.75 Å². The molecule has 0 fully saturated rings. The first-order valence-electron chi connectivity index (χ1n) is 25.8. The maximum absolute atomic E-state index is 16.7. The van der Waals surface area contributed by atoms with Gasteiger partial charge in [-0.2, -0.15) is 8.75 Å². The van der Waals surface area contributed by atoms with Gasteiger partial charge in [0.2, 0.25) is 0 Å². The number of halogens is 2. The van der Waals surface area contributed by atoms with Crippen molar-refractivity contribution in [3.8, 4) is 20.9 Å². The maximum Gasteiger partial charge on any atom is 0.153 e. The van der Waals surface area contributed by atoms with Crippen LogP contribution >= 0.6 is 46.0 Å². The van der Waals surface area contributed by atoms with E-state index in [1.807, 2.05) is 0 Å². The summed E-state index contributed by atoms with van der Waals surface area (Å²) in [7, 11) is 0. The minimum Gasteiger partial charge on any atom is -0.205 e. The Labute approximate surface area is 391 Å². The second-order valence-electron chi connectivity index (χ2n) is 18.8. The van der Waals surface area contributed by atoms with Crippen LogP contribution in [0.25, 0.3) is 31.9 Å². The second kappa shape index (κ2) is 32.3. The van der Waals surface area contributed by atoms with Crippen molar-refractivity contribution in [1.29, 1.82) is 0 Å². The molecular weight excluding hydrogens is 827 g/mol. The molecule has 3 heterocycles. The zero-order valence-corrected chi connectivity index (χ0v) is 42.6. The summed E-state index contributed by atoms with van der Waals surface area (Å²) in [5.41, 5.74) is 5.34. The number of thiophene rings is 2. The normalized spacial score (nSPS) is 12.9. The summed E-state index contributed by atoms with van der Waals surface area (Å²) in [6.07, 6.45) is 45.4. The Bertz CT molecular complexity index is 1570. The van der Waals surface area contributed by atoms with Crippen molar-refractivity contribution in [3.05, 3.63) is 44.9 Å². The maximum atomic E-state index is 16.7. The van der Waals surface area contributed by atoms with E-state index in [9.17, 15) is 0 Å². The average molecular weight is 914 g/mol. The number of aromatic nitrogens is 2. The van der Waals surface area contributed by atoms with Crippen molar-refractivity contribution >= 4 is 57.0 Å². The van der Waals surface area contributed by atoms with Crippen molar-refractivity contribution in [2.24, 2.45) is 11.8 Å². The van der Waals surface area contributed by atoms with Gasteiger partial charge in [-0.1, -0.05) is 245 Å². The third-order valence-electron chi connectivity index (χ3n) is 13.3. The van der Waals surface area contributed by atoms with Gasteiger partial charge in [0.15, 0.2) is 5.82 Å². The van der Waals surface area contributed by atoms with Gasteiger partial charge in [0.05, 0.1) is 22.3 Å². The van der Waals surface area contributed by atoms with Crippen LogP contribution in [-0.2, 0) is 12.8 Å². The van der Waals surface area contributed by atoms with Crippen LogP contribution in [0, 0.1) is 17.7 Å². The smallest absolute Gasteiger partial charge is 0.153 e. The minimum atomic E-state index is -0.349. The minimum absolute atomic E-state index is 0.191. The molecule has 2 atom stereocenters. The van der Waals surface area contributed by atoms with Gasteiger partial charge in [0, 0.05) is 15.3 Å². The molecule has 0 saturated heterocycles. The Hall–Kier alpha value is -1.34. The highest BCUT2D eigenvalue weighted by Gasteiger charge is 2.26. The van der Waals surface area contributed by atoms with Crippen LogP contribution in [0.1, 0.15) is 244 Å². The Kier molecular flexibility index (Phi) is 27.7. The van der Waals surface area contributed by atoms with Gasteiger partial charge in [-0.25, -0.2) is 4.39 Å². The Morgan fingerprint density at radius 3 is 1.13 bits per heavy atom. The lowest BCUT2D eigenvalue weighted by Gasteiger charge is -2.17. The number of fused-ring (bicyclic) bond motifs is 1. The molecule has 1 aromatic carbocycles. The largest absolute Gasteiger partial charge is 0.205 e. The van der Waals surface area contributed by atoms with Gasteiger partial charge >= 0.3 is 0 Å². The highest BCUT2D eigenvalue weighted by atomic mass is 35.5. The molecule has 0 saturated carbocycles. The quantitative estimate of drug-likeness (QED) is 0.0419. The summed E-state index contributed by atoms with van der Waals surface area (Å²) in [5.74, 6) is 1.03. The van der Waals surface area contributed by atoms with Gasteiger partial charge in [-0.3, -0.25) is 0 Å². The predicted octanol–water partition coefficient (Wildman–Crippen LogP) is 20.8. The summed E-state index contributed by atoms with van der Waals surface area (Å²) in [5, 5.41) is 4.76. The molecule has 0 amide bonds. The third kappa shape index (κ3) is 19.3. The van der Waals surface area contributed by atoms with Crippen molar-refractivity contribution in [2.75, 3.05) is 0 Å². The van der Waals surface area contributed by atoms with Crippen molar-refractivity contribution in [2.45, 2.75) is 246 Å². The van der Waals surface area contributed by atoms with Crippen LogP contribution in [0.3, 0.4) is 0 Å². The van der Waals surface area contributed by atoms with Crippen molar-refractivity contribution < 1.29 is 4.39 Å². The summed E-state index contributed by atoms with van der Waals surface area (Å²) in [4.78, 5) is 1.94. The first kappa shape index (κ1) is 52.3. The summed E-state index contributed by atoms with van der Waals surface area (Å²) < 4.78 is 26.2. The van der Waals surface area contributed by atoms with Gasteiger partial charge < -0.3 is 0 Å². The number of benzene rings is 1. The number of hydrogen-bond donors (Lipinski definition) is 0. The summed E-state index contributed by atoms with van der Waals surface area (Å²) >= 11 is 11.6. The number of unbranched alkanes of at least 4 members (excludes halogenated alkanes) is 24. The number of hydrogen-bond acceptors (Lipinski definition) is 5. The molecule has 61 heavy (non-hydrogen) atoms. The van der Waals surface area contributed by atoms with E-state index in [0.717, 1.165) is 33.7 Å². The topological polar surface area (TPSA) is 25.8 Å². The fraction of sp³-hybridized carbons (Fsp3) is 0.741. The summed E-state index contributed by atoms with van der Waals surface area (Å²) in [6, 6.07) is 4.52. The van der Waals surface area contributed by atoms with Crippen LogP contribution in [-0.4, -0.2) is 8.75 Å². The lowest BCUT2D eigenvalue weighted by atomic mass is 9.89. The van der Waals surface area contributed by atoms with Crippen LogP contribution in [0.5, 0.6) is 0 Å². The molecule has 2 nitrogen and oxygen atoms in total. The van der Waals surface area contributed by atoms with E-state index >= 15 is 4.39 Å². The fourth-order valence-corrected chi connectivity index (χ4v) is 12.4. The lowest BCUT2D eigenvalue weighted by Crippen LogP contribution is -2.05. The molecule has 0 radical (unpaired) electrons. The Morgan fingerprint density at radius 2 is 0.770 bits per heavy atom. The van der Waals surface area contributed by atoms with E-state index in [1.54, 1.807) is 22.7 Å². The van der Waals surface area contributed by atoms with E-state index in [2.05, 4.69) is 50.6 Å². The molecule has 344 valence electrons. The highest BCUT2D eigenvalue weighted by Crippen LogP contribution is 2.46. The summed E-state index contributed by atoms with van der Waals surface area (Å²) in [6.45, 7) is 9.18. The van der Waals surface area contributed by atoms with E-state index in [-0.39, 0.29) is 10.8 Å². The highest BCUT2D eigenvalue weighted by molar-refractivity contribution is 7.14. The van der Waals surface area contributed by atoms with E-state index in [4.69, 9.17) is 20.3 Å². The molecule has 2 unspecified atom stereocenters. The van der Waals surface area contributed by atoms with E-state index in [0.29, 0.717) is 22.9 Å². The monoisotopic (exact) mass is 913 g/mol. The van der Waals surface area contributed by atoms with Gasteiger partial charge in [-0.15, -0.1) is 22.7 Å². The average Bonchev–Trinajstić information content (AvgIpc) is 4.05. The Morgan fingerprint density at radius 1 is 0.459 bits per heavy atom.